The van der Waals surface area contributed by atoms with E-state index in [0.717, 1.165) is 5.76 Å². The quantitative estimate of drug-likeness (QED) is 0.910. The van der Waals surface area contributed by atoms with Crippen LogP contribution in [0.4, 0.5) is 0 Å². The van der Waals surface area contributed by atoms with Gasteiger partial charge in [-0.05, 0) is 26.0 Å². The van der Waals surface area contributed by atoms with Gasteiger partial charge in [0, 0.05) is 13.0 Å². The van der Waals surface area contributed by atoms with Crippen molar-refractivity contribution in [2.24, 2.45) is 0 Å². The Kier molecular flexibility index (Phi) is 4.63. The summed E-state index contributed by atoms with van der Waals surface area (Å²) in [6.45, 7) is 7.52. The summed E-state index contributed by atoms with van der Waals surface area (Å²) < 4.78 is 11.0. The summed E-state index contributed by atoms with van der Waals surface area (Å²) in [6.07, 6.45) is 0. The Morgan fingerprint density at radius 1 is 1.13 bits per heavy atom. The van der Waals surface area contributed by atoms with Gasteiger partial charge in [-0.25, -0.2) is 4.79 Å². The number of aryl methyl sites for hydroxylation is 2. The molecule has 0 aliphatic heterocycles. The van der Waals surface area contributed by atoms with Crippen molar-refractivity contribution in [1.29, 1.82) is 0 Å². The van der Waals surface area contributed by atoms with Crippen LogP contribution in [-0.2, 0) is 6.54 Å². The molecule has 0 aliphatic carbocycles. The van der Waals surface area contributed by atoms with Gasteiger partial charge in [-0.3, -0.25) is 4.79 Å². The van der Waals surface area contributed by atoms with Gasteiger partial charge in [0.25, 0.3) is 5.91 Å². The third-order valence-electron chi connectivity index (χ3n) is 3.68. The molecule has 6 heteroatoms. The molecule has 1 amide bonds. The van der Waals surface area contributed by atoms with E-state index in [9.17, 15) is 9.59 Å². The minimum atomic E-state index is -1.04. The predicted molar refractivity (Wildman–Crippen MR) is 83.7 cm³/mol. The Morgan fingerprint density at radius 3 is 2.22 bits per heavy atom. The largest absolute Gasteiger partial charge is 0.478 e. The maximum Gasteiger partial charge on any atom is 0.339 e. The number of hydrogen-bond donors (Lipinski definition) is 1. The zero-order valence-electron chi connectivity index (χ0n) is 14.0. The molecule has 0 fully saturated rings. The highest BCUT2D eigenvalue weighted by Gasteiger charge is 2.22. The zero-order chi connectivity index (χ0) is 17.3. The van der Waals surface area contributed by atoms with Crippen LogP contribution in [0.5, 0.6) is 0 Å². The van der Waals surface area contributed by atoms with Crippen LogP contribution in [-0.4, -0.2) is 28.9 Å². The first-order chi connectivity index (χ1) is 10.7. The van der Waals surface area contributed by atoms with Crippen LogP contribution < -0.4 is 0 Å². The molecule has 0 unspecified atom stereocenters. The predicted octanol–water partition coefficient (Wildman–Crippen LogP) is 3.58. The van der Waals surface area contributed by atoms with Crippen molar-refractivity contribution in [3.63, 3.8) is 0 Å². The molecule has 0 bridgehead atoms. The summed E-state index contributed by atoms with van der Waals surface area (Å²) >= 11 is 0. The van der Waals surface area contributed by atoms with E-state index in [1.807, 2.05) is 13.8 Å². The maximum absolute atomic E-state index is 12.5. The minimum absolute atomic E-state index is 0.113. The molecular formula is C17H21NO5. The highest BCUT2D eigenvalue weighted by molar-refractivity contribution is 5.95. The number of furan rings is 2. The molecule has 0 saturated carbocycles. The van der Waals surface area contributed by atoms with Crippen molar-refractivity contribution in [1.82, 2.24) is 4.90 Å². The first kappa shape index (κ1) is 16.9. The van der Waals surface area contributed by atoms with Crippen molar-refractivity contribution in [2.45, 2.75) is 40.2 Å². The van der Waals surface area contributed by atoms with Crippen molar-refractivity contribution in [3.05, 3.63) is 46.3 Å². The highest BCUT2D eigenvalue weighted by Crippen LogP contribution is 2.23. The molecule has 124 valence electrons. The lowest BCUT2D eigenvalue weighted by Crippen LogP contribution is -2.26. The summed E-state index contributed by atoms with van der Waals surface area (Å²) in [6, 6.07) is 3.21. The Bertz CT molecular complexity index is 738. The van der Waals surface area contributed by atoms with E-state index in [1.54, 1.807) is 27.0 Å². The Balaban J connectivity index is 2.17. The molecule has 0 aromatic carbocycles. The van der Waals surface area contributed by atoms with Crippen LogP contribution in [0.15, 0.2) is 21.0 Å². The molecule has 0 spiro atoms. The second-order valence-electron chi connectivity index (χ2n) is 5.92. The van der Waals surface area contributed by atoms with Gasteiger partial charge in [-0.15, -0.1) is 0 Å². The number of carbonyl (C=O) groups excluding carboxylic acids is 1. The first-order valence-electron chi connectivity index (χ1n) is 7.39. The number of carboxylic acids is 1. The third-order valence-corrected chi connectivity index (χ3v) is 3.68. The molecule has 6 nitrogen and oxygen atoms in total. The summed E-state index contributed by atoms with van der Waals surface area (Å²) in [7, 11) is 1.64. The smallest absolute Gasteiger partial charge is 0.339 e. The molecule has 1 N–H and O–H groups in total. The summed E-state index contributed by atoms with van der Waals surface area (Å²) in [5.41, 5.74) is 0.625. The standard InChI is InChI=1S/C17H21NO5/c1-9(2)15-7-13(10(3)23-15)16(19)18(5)8-12-6-14(17(20)21)11(4)22-12/h6-7,9H,8H2,1-5H3,(H,20,21). The average Bonchev–Trinajstić information content (AvgIpc) is 3.01. The fourth-order valence-electron chi connectivity index (χ4n) is 2.35. The maximum atomic E-state index is 12.5. The lowest BCUT2D eigenvalue weighted by Gasteiger charge is -2.15. The molecule has 0 radical (unpaired) electrons. The molecule has 0 saturated heterocycles. The van der Waals surface area contributed by atoms with Crippen LogP contribution in [0.3, 0.4) is 0 Å². The summed E-state index contributed by atoms with van der Waals surface area (Å²) in [4.78, 5) is 25.1. The molecule has 0 atom stereocenters. The highest BCUT2D eigenvalue weighted by atomic mass is 16.4. The minimum Gasteiger partial charge on any atom is -0.478 e. The monoisotopic (exact) mass is 319 g/mol. The molecule has 2 rings (SSSR count). The van der Waals surface area contributed by atoms with E-state index in [4.69, 9.17) is 13.9 Å². The second kappa shape index (κ2) is 6.32. The fraction of sp³-hybridized carbons (Fsp3) is 0.412. The third kappa shape index (κ3) is 3.47. The number of carboxylic acid groups (broad SMARTS) is 1. The average molecular weight is 319 g/mol. The molecular weight excluding hydrogens is 298 g/mol. The molecule has 2 heterocycles. The van der Waals surface area contributed by atoms with Gasteiger partial charge in [0.1, 0.15) is 28.6 Å². The van der Waals surface area contributed by atoms with E-state index in [0.29, 0.717) is 22.8 Å². The second-order valence-corrected chi connectivity index (χ2v) is 5.92. The van der Waals surface area contributed by atoms with E-state index in [2.05, 4.69) is 0 Å². The first-order valence-corrected chi connectivity index (χ1v) is 7.39. The van der Waals surface area contributed by atoms with E-state index < -0.39 is 5.97 Å². The van der Waals surface area contributed by atoms with E-state index in [-0.39, 0.29) is 23.9 Å². The summed E-state index contributed by atoms with van der Waals surface area (Å²) in [5, 5.41) is 9.04. The molecule has 2 aromatic heterocycles. The van der Waals surface area contributed by atoms with E-state index in [1.165, 1.54) is 11.0 Å². The lowest BCUT2D eigenvalue weighted by molar-refractivity contribution is 0.0694. The normalized spacial score (nSPS) is 11.0. The lowest BCUT2D eigenvalue weighted by atomic mass is 10.1. The topological polar surface area (TPSA) is 83.9 Å². The van der Waals surface area contributed by atoms with Crippen LogP contribution in [0.1, 0.15) is 63.5 Å². The van der Waals surface area contributed by atoms with Crippen LogP contribution >= 0.6 is 0 Å². The van der Waals surface area contributed by atoms with Crippen LogP contribution in [0.2, 0.25) is 0 Å². The Morgan fingerprint density at radius 2 is 1.74 bits per heavy atom. The van der Waals surface area contributed by atoms with Gasteiger partial charge < -0.3 is 18.8 Å². The number of hydrogen-bond acceptors (Lipinski definition) is 4. The van der Waals surface area contributed by atoms with Gasteiger partial charge in [0.05, 0.1) is 12.1 Å². The van der Waals surface area contributed by atoms with Crippen molar-refractivity contribution < 1.29 is 23.5 Å². The van der Waals surface area contributed by atoms with Gasteiger partial charge in [0.15, 0.2) is 0 Å². The SMILES string of the molecule is Cc1oc(CN(C)C(=O)c2cc(C(C)C)oc2C)cc1C(=O)O. The number of nitrogens with zero attached hydrogens (tertiary/aromatic N) is 1. The van der Waals surface area contributed by atoms with E-state index >= 15 is 0 Å². The van der Waals surface area contributed by atoms with Gasteiger partial charge in [0.2, 0.25) is 0 Å². The van der Waals surface area contributed by atoms with Crippen molar-refractivity contribution >= 4 is 11.9 Å². The number of aromatic carboxylic acids is 1. The summed E-state index contributed by atoms with van der Waals surface area (Å²) in [5.74, 6) is 1.07. The number of amides is 1. The van der Waals surface area contributed by atoms with Gasteiger partial charge >= 0.3 is 5.97 Å². The molecule has 23 heavy (non-hydrogen) atoms. The zero-order valence-corrected chi connectivity index (χ0v) is 14.0. The van der Waals surface area contributed by atoms with Gasteiger partial charge in [-0.2, -0.15) is 0 Å². The number of carbonyl (C=O) groups is 2. The number of rotatable bonds is 5. The van der Waals surface area contributed by atoms with Crippen molar-refractivity contribution in [3.8, 4) is 0 Å². The van der Waals surface area contributed by atoms with Crippen LogP contribution in [0, 0.1) is 13.8 Å². The fourth-order valence-corrected chi connectivity index (χ4v) is 2.35. The van der Waals surface area contributed by atoms with Crippen LogP contribution in [0.25, 0.3) is 0 Å². The van der Waals surface area contributed by atoms with Crippen molar-refractivity contribution in [2.75, 3.05) is 7.05 Å². The molecule has 2 aromatic rings. The Labute approximate surface area is 134 Å². The van der Waals surface area contributed by atoms with Gasteiger partial charge in [-0.1, -0.05) is 13.8 Å². The Hall–Kier alpha value is -2.50. The molecule has 0 aliphatic rings.